The Bertz CT molecular complexity index is 784. The zero-order chi connectivity index (χ0) is 16.1. The molecule has 0 radical (unpaired) electrons. The summed E-state index contributed by atoms with van der Waals surface area (Å²) in [5.74, 6) is 0.827. The summed E-state index contributed by atoms with van der Waals surface area (Å²) in [6, 6.07) is 0. The highest BCUT2D eigenvalue weighted by molar-refractivity contribution is 5.80. The summed E-state index contributed by atoms with van der Waals surface area (Å²) in [6.45, 7) is 2.25. The Morgan fingerprint density at radius 1 is 1.33 bits per heavy atom. The molecule has 2 aromatic heterocycles. The summed E-state index contributed by atoms with van der Waals surface area (Å²) in [6.07, 6.45) is 10.8. The minimum Gasteiger partial charge on any atom is -0.344 e. The van der Waals surface area contributed by atoms with Crippen LogP contribution in [0.3, 0.4) is 0 Å². The normalized spacial score (nSPS) is 22.2. The minimum absolute atomic E-state index is 0.0928. The van der Waals surface area contributed by atoms with Gasteiger partial charge in [-0.15, -0.1) is 0 Å². The van der Waals surface area contributed by atoms with Gasteiger partial charge in [0.05, 0.1) is 18.4 Å². The van der Waals surface area contributed by atoms with E-state index in [0.29, 0.717) is 12.5 Å². The number of hydrogen-bond acceptors (Lipinski definition) is 4. The number of carbonyl (C=O) groups is 1. The molecule has 3 heterocycles. The van der Waals surface area contributed by atoms with E-state index >= 15 is 0 Å². The minimum atomic E-state index is -0.0928. The van der Waals surface area contributed by atoms with Crippen LogP contribution in [0.4, 0.5) is 0 Å². The first kappa shape index (κ1) is 14.4. The van der Waals surface area contributed by atoms with Gasteiger partial charge in [-0.05, 0) is 38.5 Å². The molecule has 126 valence electrons. The van der Waals surface area contributed by atoms with Gasteiger partial charge >= 0.3 is 0 Å². The molecule has 5 rings (SSSR count). The van der Waals surface area contributed by atoms with Crippen LogP contribution in [0.2, 0.25) is 0 Å². The topological polar surface area (TPSA) is 73.9 Å². The third-order valence-electron chi connectivity index (χ3n) is 5.70. The summed E-state index contributed by atoms with van der Waals surface area (Å²) in [4.78, 5) is 27.0. The summed E-state index contributed by atoms with van der Waals surface area (Å²) in [5, 5.41) is 3.53. The van der Waals surface area contributed by atoms with Crippen molar-refractivity contribution in [3.8, 4) is 0 Å². The Morgan fingerprint density at radius 2 is 2.12 bits per heavy atom. The molecule has 0 unspecified atom stereocenters. The molecular formula is C18H23N5O. The molecule has 3 fully saturated rings. The SMILES string of the molecule is O=C(CNC1(c2c[nH]c3ncc(C4CC4)nc23)CC1)N1CCCC1. The fraction of sp³-hybridized carbons (Fsp3) is 0.611. The number of H-pyrrole nitrogens is 1. The van der Waals surface area contributed by atoms with Gasteiger partial charge in [0.25, 0.3) is 0 Å². The molecule has 0 aromatic carbocycles. The predicted octanol–water partition coefficient (Wildman–Crippen LogP) is 2.04. The van der Waals surface area contributed by atoms with Crippen molar-refractivity contribution >= 4 is 17.1 Å². The fourth-order valence-corrected chi connectivity index (χ4v) is 3.84. The van der Waals surface area contributed by atoms with E-state index in [1.165, 1.54) is 18.4 Å². The van der Waals surface area contributed by atoms with Gasteiger partial charge in [-0.3, -0.25) is 10.1 Å². The van der Waals surface area contributed by atoms with Gasteiger partial charge in [0.1, 0.15) is 5.52 Å². The highest BCUT2D eigenvalue weighted by Crippen LogP contribution is 2.48. The number of nitrogens with zero attached hydrogens (tertiary/aromatic N) is 3. The molecule has 3 aliphatic rings. The first-order chi connectivity index (χ1) is 11.8. The predicted molar refractivity (Wildman–Crippen MR) is 90.6 cm³/mol. The van der Waals surface area contributed by atoms with Crippen LogP contribution in [0.25, 0.3) is 11.2 Å². The molecule has 2 aromatic rings. The number of amides is 1. The van der Waals surface area contributed by atoms with Crippen LogP contribution < -0.4 is 5.32 Å². The molecule has 24 heavy (non-hydrogen) atoms. The van der Waals surface area contributed by atoms with Gasteiger partial charge in [0.2, 0.25) is 5.91 Å². The van der Waals surface area contributed by atoms with Crippen molar-refractivity contribution < 1.29 is 4.79 Å². The zero-order valence-corrected chi connectivity index (χ0v) is 13.8. The number of rotatable bonds is 5. The first-order valence-corrected chi connectivity index (χ1v) is 9.12. The van der Waals surface area contributed by atoms with Crippen LogP contribution in [0.15, 0.2) is 12.4 Å². The second-order valence-corrected chi connectivity index (χ2v) is 7.49. The van der Waals surface area contributed by atoms with Gasteiger partial charge in [-0.1, -0.05) is 0 Å². The zero-order valence-electron chi connectivity index (χ0n) is 13.8. The molecule has 0 spiro atoms. The second-order valence-electron chi connectivity index (χ2n) is 7.49. The number of aromatic nitrogens is 3. The fourth-order valence-electron chi connectivity index (χ4n) is 3.84. The number of aromatic amines is 1. The molecule has 2 saturated carbocycles. The number of fused-ring (bicyclic) bond motifs is 1. The average molecular weight is 325 g/mol. The standard InChI is InChI=1S/C18H23N5O/c24-15(23-7-1-2-8-23)11-21-18(5-6-18)13-9-19-17-16(13)22-14(10-20-17)12-3-4-12/h9-10,12,21H,1-8,11H2,(H,19,20). The van der Waals surface area contributed by atoms with Crippen molar-refractivity contribution in [1.82, 2.24) is 25.2 Å². The van der Waals surface area contributed by atoms with E-state index in [0.717, 1.165) is 55.6 Å². The maximum atomic E-state index is 12.3. The Kier molecular flexibility index (Phi) is 3.16. The maximum absolute atomic E-state index is 12.3. The van der Waals surface area contributed by atoms with E-state index in [2.05, 4.69) is 15.3 Å². The molecular weight excluding hydrogens is 302 g/mol. The molecule has 2 N–H and O–H groups in total. The van der Waals surface area contributed by atoms with Crippen LogP contribution in [-0.2, 0) is 10.3 Å². The van der Waals surface area contributed by atoms with Gasteiger partial charge in [0.15, 0.2) is 5.65 Å². The van der Waals surface area contributed by atoms with Crippen molar-refractivity contribution in [2.24, 2.45) is 0 Å². The van der Waals surface area contributed by atoms with E-state index in [1.807, 2.05) is 17.3 Å². The molecule has 1 amide bonds. The number of likely N-dealkylation sites (tertiary alicyclic amines) is 1. The van der Waals surface area contributed by atoms with E-state index in [9.17, 15) is 4.79 Å². The monoisotopic (exact) mass is 325 g/mol. The summed E-state index contributed by atoms with van der Waals surface area (Å²) < 4.78 is 0. The number of hydrogen-bond donors (Lipinski definition) is 2. The molecule has 2 aliphatic carbocycles. The Morgan fingerprint density at radius 3 is 2.83 bits per heavy atom. The lowest BCUT2D eigenvalue weighted by atomic mass is 10.1. The average Bonchev–Trinajstić information content (AvgIpc) is 3.50. The summed E-state index contributed by atoms with van der Waals surface area (Å²) in [5.41, 5.74) is 4.05. The maximum Gasteiger partial charge on any atom is 0.236 e. The molecule has 6 heteroatoms. The van der Waals surface area contributed by atoms with E-state index in [1.54, 1.807) is 0 Å². The summed E-state index contributed by atoms with van der Waals surface area (Å²) >= 11 is 0. The Balaban J connectivity index is 1.37. The largest absolute Gasteiger partial charge is 0.344 e. The Labute approximate surface area is 141 Å². The third kappa shape index (κ3) is 2.40. The van der Waals surface area contributed by atoms with Crippen LogP contribution in [0, 0.1) is 0 Å². The van der Waals surface area contributed by atoms with Crippen LogP contribution in [0.5, 0.6) is 0 Å². The number of nitrogens with one attached hydrogen (secondary N) is 2. The van der Waals surface area contributed by atoms with E-state index in [4.69, 9.17) is 4.98 Å². The van der Waals surface area contributed by atoms with Crippen molar-refractivity contribution in [2.75, 3.05) is 19.6 Å². The van der Waals surface area contributed by atoms with Gasteiger partial charge in [-0.2, -0.15) is 0 Å². The highest BCUT2D eigenvalue weighted by Gasteiger charge is 2.46. The Hall–Kier alpha value is -1.95. The smallest absolute Gasteiger partial charge is 0.236 e. The highest BCUT2D eigenvalue weighted by atomic mass is 16.2. The molecule has 6 nitrogen and oxygen atoms in total. The van der Waals surface area contributed by atoms with E-state index < -0.39 is 0 Å². The van der Waals surface area contributed by atoms with Crippen LogP contribution in [0.1, 0.15) is 55.7 Å². The number of carbonyl (C=O) groups excluding carboxylic acids is 1. The molecule has 0 atom stereocenters. The molecule has 1 aliphatic heterocycles. The van der Waals surface area contributed by atoms with Gasteiger partial charge in [-0.25, -0.2) is 9.97 Å². The molecule has 1 saturated heterocycles. The van der Waals surface area contributed by atoms with Crippen molar-refractivity contribution in [1.29, 1.82) is 0 Å². The first-order valence-electron chi connectivity index (χ1n) is 9.12. The second kappa shape index (κ2) is 5.28. The van der Waals surface area contributed by atoms with Crippen molar-refractivity contribution in [3.63, 3.8) is 0 Å². The van der Waals surface area contributed by atoms with Crippen molar-refractivity contribution in [3.05, 3.63) is 23.7 Å². The van der Waals surface area contributed by atoms with Crippen LogP contribution >= 0.6 is 0 Å². The third-order valence-corrected chi connectivity index (χ3v) is 5.70. The van der Waals surface area contributed by atoms with Crippen LogP contribution in [-0.4, -0.2) is 45.4 Å². The van der Waals surface area contributed by atoms with E-state index in [-0.39, 0.29) is 11.4 Å². The lowest BCUT2D eigenvalue weighted by molar-refractivity contribution is -0.129. The lowest BCUT2D eigenvalue weighted by Gasteiger charge is -2.20. The van der Waals surface area contributed by atoms with Gasteiger partial charge in [0, 0.05) is 36.3 Å². The summed E-state index contributed by atoms with van der Waals surface area (Å²) in [7, 11) is 0. The lowest BCUT2D eigenvalue weighted by Crippen LogP contribution is -2.40. The molecule has 0 bridgehead atoms. The van der Waals surface area contributed by atoms with Gasteiger partial charge < -0.3 is 9.88 Å². The van der Waals surface area contributed by atoms with Crippen molar-refractivity contribution in [2.45, 2.75) is 50.0 Å². The quantitative estimate of drug-likeness (QED) is 0.882.